The maximum absolute atomic E-state index is 9.90. The molecule has 0 unspecified atom stereocenters. The van der Waals surface area contributed by atoms with Crippen molar-refractivity contribution in [1.82, 2.24) is 15.5 Å². The van der Waals surface area contributed by atoms with Crippen LogP contribution in [-0.4, -0.2) is 48.2 Å². The number of nitrogens with zero attached hydrogens (tertiary/aromatic N) is 2. The predicted octanol–water partition coefficient (Wildman–Crippen LogP) is 2.71. The third kappa shape index (κ3) is 5.78. The molecule has 1 aromatic carbocycles. The van der Waals surface area contributed by atoms with E-state index in [2.05, 4.69) is 29.0 Å². The number of hydrogen-bond acceptors (Lipinski definition) is 3. The van der Waals surface area contributed by atoms with Gasteiger partial charge in [0.15, 0.2) is 5.96 Å². The minimum Gasteiger partial charge on any atom is -0.507 e. The fourth-order valence-electron chi connectivity index (χ4n) is 3.26. The Hall–Kier alpha value is -2.01. The number of aryl methyl sites for hydroxylation is 2. The number of rotatable bonds is 6. The summed E-state index contributed by atoms with van der Waals surface area (Å²) in [6, 6.07) is 4.47. The highest BCUT2D eigenvalue weighted by Crippen LogP contribution is 2.23. The van der Waals surface area contributed by atoms with Crippen molar-refractivity contribution in [3.8, 4) is 5.75 Å². The van der Waals surface area contributed by atoms with Gasteiger partial charge in [0.1, 0.15) is 5.75 Å². The van der Waals surface area contributed by atoms with Crippen LogP contribution in [0.25, 0.3) is 0 Å². The number of piperidine rings is 1. The van der Waals surface area contributed by atoms with E-state index in [4.69, 9.17) is 4.99 Å². The summed E-state index contributed by atoms with van der Waals surface area (Å²) in [5.74, 6) is 1.25. The van der Waals surface area contributed by atoms with Gasteiger partial charge in [-0.05, 0) is 50.3 Å². The first-order valence-electron chi connectivity index (χ1n) is 9.20. The molecule has 1 aromatic rings. The summed E-state index contributed by atoms with van der Waals surface area (Å²) in [5.41, 5.74) is 2.92. The number of aromatic hydroxyl groups is 1. The molecule has 5 nitrogen and oxygen atoms in total. The summed E-state index contributed by atoms with van der Waals surface area (Å²) < 4.78 is 0. The Balaban J connectivity index is 1.96. The summed E-state index contributed by atoms with van der Waals surface area (Å²) in [7, 11) is 0. The van der Waals surface area contributed by atoms with Crippen LogP contribution in [-0.2, 0) is 6.54 Å². The van der Waals surface area contributed by atoms with Crippen molar-refractivity contribution in [2.24, 2.45) is 4.99 Å². The number of benzene rings is 1. The number of nitrogens with one attached hydrogen (secondary N) is 2. The lowest BCUT2D eigenvalue weighted by molar-refractivity contribution is 0.225. The molecule has 0 radical (unpaired) electrons. The first kappa shape index (κ1) is 19.3. The fraction of sp³-hybridized carbons (Fsp3) is 0.550. The Morgan fingerprint density at radius 2 is 1.96 bits per heavy atom. The zero-order valence-electron chi connectivity index (χ0n) is 15.8. The lowest BCUT2D eigenvalue weighted by Gasteiger charge is -2.32. The Morgan fingerprint density at radius 1 is 1.32 bits per heavy atom. The molecule has 1 saturated heterocycles. The van der Waals surface area contributed by atoms with E-state index < -0.39 is 0 Å². The number of hydrogen-bond donors (Lipinski definition) is 3. The smallest absolute Gasteiger partial charge is 0.191 e. The van der Waals surface area contributed by atoms with E-state index in [0.717, 1.165) is 61.7 Å². The molecule has 25 heavy (non-hydrogen) atoms. The third-order valence-corrected chi connectivity index (χ3v) is 4.63. The molecular weight excluding hydrogens is 312 g/mol. The molecule has 0 amide bonds. The minimum absolute atomic E-state index is 0.379. The van der Waals surface area contributed by atoms with E-state index in [0.29, 0.717) is 18.3 Å². The average Bonchev–Trinajstić information content (AvgIpc) is 2.59. The standard InChI is InChI=1S/C20H32N4O/c1-5-9-24-10-7-18(8-11-24)23-20(21-6-2)22-14-17-12-15(3)19(25)16(4)13-17/h5,12-13,18,25H,1,6-11,14H2,2-4H3,(H2,21,22,23). The first-order valence-corrected chi connectivity index (χ1v) is 9.20. The van der Waals surface area contributed by atoms with Crippen LogP contribution in [0.4, 0.5) is 0 Å². The number of likely N-dealkylation sites (tertiary alicyclic amines) is 1. The van der Waals surface area contributed by atoms with Gasteiger partial charge in [0.2, 0.25) is 0 Å². The lowest BCUT2D eigenvalue weighted by Crippen LogP contribution is -2.48. The van der Waals surface area contributed by atoms with Crippen molar-refractivity contribution in [2.75, 3.05) is 26.2 Å². The molecule has 5 heteroatoms. The number of aliphatic imine (C=N–C) groups is 1. The molecule has 3 N–H and O–H groups in total. The second-order valence-corrected chi connectivity index (χ2v) is 6.78. The van der Waals surface area contributed by atoms with E-state index in [1.54, 1.807) is 0 Å². The van der Waals surface area contributed by atoms with Crippen molar-refractivity contribution >= 4 is 5.96 Å². The summed E-state index contributed by atoms with van der Waals surface area (Å²) in [4.78, 5) is 7.16. The van der Waals surface area contributed by atoms with Crippen LogP contribution < -0.4 is 10.6 Å². The van der Waals surface area contributed by atoms with E-state index in [9.17, 15) is 5.11 Å². The van der Waals surface area contributed by atoms with Gasteiger partial charge in [-0.2, -0.15) is 0 Å². The summed E-state index contributed by atoms with van der Waals surface area (Å²) >= 11 is 0. The van der Waals surface area contributed by atoms with Crippen molar-refractivity contribution in [2.45, 2.75) is 46.2 Å². The van der Waals surface area contributed by atoms with Crippen LogP contribution in [0, 0.1) is 13.8 Å². The zero-order valence-corrected chi connectivity index (χ0v) is 15.8. The molecule has 1 aliphatic heterocycles. The zero-order chi connectivity index (χ0) is 18.2. The molecule has 0 aromatic heterocycles. The van der Waals surface area contributed by atoms with Gasteiger partial charge in [-0.25, -0.2) is 4.99 Å². The molecule has 0 aliphatic carbocycles. The van der Waals surface area contributed by atoms with Gasteiger partial charge in [0, 0.05) is 32.2 Å². The largest absolute Gasteiger partial charge is 0.507 e. The molecular formula is C20H32N4O. The fourth-order valence-corrected chi connectivity index (χ4v) is 3.26. The summed E-state index contributed by atoms with van der Waals surface area (Å²) in [6.45, 7) is 14.4. The monoisotopic (exact) mass is 344 g/mol. The number of phenols is 1. The van der Waals surface area contributed by atoms with E-state index >= 15 is 0 Å². The van der Waals surface area contributed by atoms with Crippen LogP contribution in [0.1, 0.15) is 36.5 Å². The topological polar surface area (TPSA) is 59.9 Å². The molecule has 0 saturated carbocycles. The van der Waals surface area contributed by atoms with Gasteiger partial charge in [-0.15, -0.1) is 6.58 Å². The molecule has 0 bridgehead atoms. The van der Waals surface area contributed by atoms with E-state index in [1.807, 2.05) is 32.1 Å². The van der Waals surface area contributed by atoms with Crippen molar-refractivity contribution in [1.29, 1.82) is 0 Å². The highest BCUT2D eigenvalue weighted by Gasteiger charge is 2.19. The number of guanidine groups is 1. The highest BCUT2D eigenvalue weighted by molar-refractivity contribution is 5.80. The molecule has 1 heterocycles. The molecule has 138 valence electrons. The van der Waals surface area contributed by atoms with Gasteiger partial charge in [0.05, 0.1) is 6.54 Å². The Morgan fingerprint density at radius 3 is 2.52 bits per heavy atom. The van der Waals surface area contributed by atoms with Crippen LogP contribution in [0.5, 0.6) is 5.75 Å². The van der Waals surface area contributed by atoms with Gasteiger partial charge >= 0.3 is 0 Å². The quantitative estimate of drug-likeness (QED) is 0.422. The van der Waals surface area contributed by atoms with Crippen molar-refractivity contribution in [3.63, 3.8) is 0 Å². The number of phenolic OH excluding ortho intramolecular Hbond substituents is 1. The Labute approximate surface area is 151 Å². The average molecular weight is 345 g/mol. The van der Waals surface area contributed by atoms with Gasteiger partial charge < -0.3 is 15.7 Å². The second-order valence-electron chi connectivity index (χ2n) is 6.78. The third-order valence-electron chi connectivity index (χ3n) is 4.63. The van der Waals surface area contributed by atoms with Crippen LogP contribution in [0.3, 0.4) is 0 Å². The van der Waals surface area contributed by atoms with Gasteiger partial charge in [-0.1, -0.05) is 18.2 Å². The van der Waals surface area contributed by atoms with Crippen LogP contribution in [0.2, 0.25) is 0 Å². The molecule has 1 fully saturated rings. The van der Waals surface area contributed by atoms with Crippen molar-refractivity contribution in [3.05, 3.63) is 41.5 Å². The van der Waals surface area contributed by atoms with Crippen LogP contribution in [0.15, 0.2) is 29.8 Å². The lowest BCUT2D eigenvalue weighted by atomic mass is 10.1. The summed E-state index contributed by atoms with van der Waals surface area (Å²) in [5, 5.41) is 16.8. The molecule has 0 spiro atoms. The Kier molecular flexibility index (Phi) is 7.31. The van der Waals surface area contributed by atoms with E-state index in [-0.39, 0.29) is 0 Å². The van der Waals surface area contributed by atoms with E-state index in [1.165, 1.54) is 0 Å². The maximum Gasteiger partial charge on any atom is 0.191 e. The van der Waals surface area contributed by atoms with Crippen LogP contribution >= 0.6 is 0 Å². The first-order chi connectivity index (χ1) is 12.0. The van der Waals surface area contributed by atoms with Gasteiger partial charge in [0.25, 0.3) is 0 Å². The minimum atomic E-state index is 0.379. The predicted molar refractivity (Wildman–Crippen MR) is 105 cm³/mol. The molecule has 0 atom stereocenters. The molecule has 2 rings (SSSR count). The highest BCUT2D eigenvalue weighted by atomic mass is 16.3. The Bertz CT molecular complexity index is 581. The second kappa shape index (κ2) is 9.47. The van der Waals surface area contributed by atoms with Crippen molar-refractivity contribution < 1.29 is 5.11 Å². The summed E-state index contributed by atoms with van der Waals surface area (Å²) in [6.07, 6.45) is 4.21. The van der Waals surface area contributed by atoms with Gasteiger partial charge in [-0.3, -0.25) is 4.90 Å². The SMILES string of the molecule is C=CCN1CCC(NC(=NCc2cc(C)c(O)c(C)c2)NCC)CC1. The molecule has 1 aliphatic rings. The normalized spacial score (nSPS) is 16.7. The maximum atomic E-state index is 9.90.